The first-order chi connectivity index (χ1) is 14.9. The van der Waals surface area contributed by atoms with E-state index in [-0.39, 0.29) is 17.9 Å². The van der Waals surface area contributed by atoms with Gasteiger partial charge in [-0.25, -0.2) is 4.98 Å². The second kappa shape index (κ2) is 7.50. The van der Waals surface area contributed by atoms with Crippen LogP contribution in [0.3, 0.4) is 0 Å². The van der Waals surface area contributed by atoms with Gasteiger partial charge in [0.25, 0.3) is 5.91 Å². The maximum absolute atomic E-state index is 13.8. The van der Waals surface area contributed by atoms with Crippen LogP contribution in [0, 0.1) is 19.8 Å². The number of amides is 1. The van der Waals surface area contributed by atoms with Gasteiger partial charge in [-0.05, 0) is 56.0 Å². The van der Waals surface area contributed by atoms with Gasteiger partial charge in [0.15, 0.2) is 0 Å². The summed E-state index contributed by atoms with van der Waals surface area (Å²) in [6.07, 6.45) is 4.13. The summed E-state index contributed by atoms with van der Waals surface area (Å²) < 4.78 is 0. The van der Waals surface area contributed by atoms with Crippen LogP contribution in [-0.2, 0) is 0 Å². The van der Waals surface area contributed by atoms with Gasteiger partial charge in [-0.2, -0.15) is 15.0 Å². The number of H-pyrrole nitrogens is 1. The van der Waals surface area contributed by atoms with Crippen molar-refractivity contribution in [2.75, 3.05) is 6.54 Å². The third kappa shape index (κ3) is 3.39. The van der Waals surface area contributed by atoms with Crippen molar-refractivity contribution in [3.63, 3.8) is 0 Å². The van der Waals surface area contributed by atoms with E-state index in [0.717, 1.165) is 34.4 Å². The Hall–Kier alpha value is -3.19. The molecule has 1 aliphatic rings. The summed E-state index contributed by atoms with van der Waals surface area (Å²) in [6.45, 7) is 6.82. The number of aryl methyl sites for hydroxylation is 2. The van der Waals surface area contributed by atoms with E-state index >= 15 is 0 Å². The lowest BCUT2D eigenvalue weighted by Gasteiger charge is -2.26. The lowest BCUT2D eigenvalue weighted by molar-refractivity contribution is 0.0714. The van der Waals surface area contributed by atoms with Crippen LogP contribution in [0.25, 0.3) is 16.7 Å². The summed E-state index contributed by atoms with van der Waals surface area (Å²) in [4.78, 5) is 25.5. The fourth-order valence-electron chi connectivity index (χ4n) is 4.48. The number of aromatic amines is 1. The fraction of sp³-hybridized carbons (Fsp3) is 0.304. The maximum atomic E-state index is 13.8. The molecule has 0 radical (unpaired) electrons. The van der Waals surface area contributed by atoms with Crippen molar-refractivity contribution in [3.05, 3.63) is 70.3 Å². The van der Waals surface area contributed by atoms with E-state index in [1.165, 1.54) is 4.80 Å². The second-order valence-electron chi connectivity index (χ2n) is 8.29. The summed E-state index contributed by atoms with van der Waals surface area (Å²) >= 11 is 6.23. The molecule has 1 fully saturated rings. The summed E-state index contributed by atoms with van der Waals surface area (Å²) in [7, 11) is 0. The van der Waals surface area contributed by atoms with Gasteiger partial charge in [-0.1, -0.05) is 30.2 Å². The molecule has 5 rings (SSSR count). The lowest BCUT2D eigenvalue weighted by atomic mass is 10.0. The van der Waals surface area contributed by atoms with Gasteiger partial charge in [0.05, 0.1) is 40.7 Å². The molecular weight excluding hydrogens is 412 g/mol. The molecule has 8 heteroatoms. The number of halogens is 1. The van der Waals surface area contributed by atoms with E-state index in [1.807, 2.05) is 49.1 Å². The van der Waals surface area contributed by atoms with E-state index in [9.17, 15) is 4.79 Å². The molecule has 7 nitrogen and oxygen atoms in total. The molecule has 4 aromatic rings. The molecule has 31 heavy (non-hydrogen) atoms. The number of fused-ring (bicyclic) bond motifs is 1. The SMILES string of the molecule is Cc1ccc(-n2nccn2)c(C(=O)N2CC[C@H](C)[C@H]2c2nc3cc(Cl)cc(C)c3[nH]2)c1. The Kier molecular flexibility index (Phi) is 4.78. The van der Waals surface area contributed by atoms with Gasteiger partial charge in [-0.3, -0.25) is 4.79 Å². The molecule has 1 amide bonds. The molecule has 2 aromatic carbocycles. The number of nitrogens with one attached hydrogen (secondary N) is 1. The zero-order valence-corrected chi connectivity index (χ0v) is 18.4. The first-order valence-electron chi connectivity index (χ1n) is 10.4. The van der Waals surface area contributed by atoms with Crippen LogP contribution in [0.5, 0.6) is 0 Å². The zero-order valence-electron chi connectivity index (χ0n) is 17.6. The highest BCUT2D eigenvalue weighted by molar-refractivity contribution is 6.31. The molecule has 0 unspecified atom stereocenters. The van der Waals surface area contributed by atoms with Crippen molar-refractivity contribution in [2.24, 2.45) is 5.92 Å². The highest BCUT2D eigenvalue weighted by Gasteiger charge is 2.38. The Balaban J connectivity index is 1.57. The van der Waals surface area contributed by atoms with Crippen molar-refractivity contribution >= 4 is 28.5 Å². The van der Waals surface area contributed by atoms with Crippen LogP contribution in [0.4, 0.5) is 0 Å². The topological polar surface area (TPSA) is 79.7 Å². The number of carbonyl (C=O) groups is 1. The highest BCUT2D eigenvalue weighted by atomic mass is 35.5. The molecule has 1 aliphatic heterocycles. The van der Waals surface area contributed by atoms with Gasteiger partial charge < -0.3 is 9.88 Å². The van der Waals surface area contributed by atoms with Gasteiger partial charge in [0.1, 0.15) is 5.82 Å². The van der Waals surface area contributed by atoms with Gasteiger partial charge in [0.2, 0.25) is 0 Å². The van der Waals surface area contributed by atoms with Gasteiger partial charge in [0, 0.05) is 11.6 Å². The molecule has 1 saturated heterocycles. The van der Waals surface area contributed by atoms with Crippen LogP contribution >= 0.6 is 11.6 Å². The Bertz CT molecular complexity index is 1280. The van der Waals surface area contributed by atoms with E-state index in [2.05, 4.69) is 22.1 Å². The smallest absolute Gasteiger partial charge is 0.256 e. The summed E-state index contributed by atoms with van der Waals surface area (Å²) in [5.74, 6) is 1.03. The number of rotatable bonds is 3. The fourth-order valence-corrected chi connectivity index (χ4v) is 4.75. The molecule has 1 N–H and O–H groups in total. The molecule has 0 aliphatic carbocycles. The molecular formula is C23H23ClN6O. The van der Waals surface area contributed by atoms with Crippen molar-refractivity contribution < 1.29 is 4.79 Å². The van der Waals surface area contributed by atoms with Crippen LogP contribution < -0.4 is 0 Å². The summed E-state index contributed by atoms with van der Waals surface area (Å²) in [6, 6.07) is 9.40. The molecule has 3 heterocycles. The molecule has 2 atom stereocenters. The van der Waals surface area contributed by atoms with E-state index in [1.54, 1.807) is 12.4 Å². The molecule has 0 spiro atoms. The molecule has 2 aromatic heterocycles. The molecule has 158 valence electrons. The average molecular weight is 435 g/mol. The first-order valence-corrected chi connectivity index (χ1v) is 10.7. The average Bonchev–Trinajstić information content (AvgIpc) is 3.46. The Morgan fingerprint density at radius 3 is 2.71 bits per heavy atom. The number of benzene rings is 2. The van der Waals surface area contributed by atoms with E-state index < -0.39 is 0 Å². The van der Waals surface area contributed by atoms with Crippen molar-refractivity contribution in [1.82, 2.24) is 29.9 Å². The Labute approximate surface area is 185 Å². The third-order valence-corrected chi connectivity index (χ3v) is 6.25. The number of nitrogens with zero attached hydrogens (tertiary/aromatic N) is 5. The predicted molar refractivity (Wildman–Crippen MR) is 119 cm³/mol. The number of likely N-dealkylation sites (tertiary alicyclic amines) is 1. The molecule has 0 saturated carbocycles. The second-order valence-corrected chi connectivity index (χ2v) is 8.72. The van der Waals surface area contributed by atoms with Crippen LogP contribution in [0.15, 0.2) is 42.7 Å². The van der Waals surface area contributed by atoms with Crippen molar-refractivity contribution in [2.45, 2.75) is 33.2 Å². The highest BCUT2D eigenvalue weighted by Crippen LogP contribution is 2.38. The molecule has 0 bridgehead atoms. The van der Waals surface area contributed by atoms with Gasteiger partial charge in [-0.15, -0.1) is 0 Å². The van der Waals surface area contributed by atoms with Crippen molar-refractivity contribution in [3.8, 4) is 5.69 Å². The quantitative estimate of drug-likeness (QED) is 0.509. The number of hydrogen-bond donors (Lipinski definition) is 1. The first kappa shape index (κ1) is 19.8. The standard InChI is InChI=1S/C23H23ClN6O/c1-13-4-5-19(30-25-7-8-26-30)17(10-13)23(31)29-9-6-14(2)21(29)22-27-18-12-16(24)11-15(3)20(18)28-22/h4-5,7-8,10-12,14,21H,6,9H2,1-3H3,(H,27,28)/t14-,21-/m0/s1. The normalized spacial score (nSPS) is 18.8. The number of hydrogen-bond acceptors (Lipinski definition) is 4. The minimum absolute atomic E-state index is 0.0411. The van der Waals surface area contributed by atoms with Crippen LogP contribution in [0.1, 0.15) is 46.7 Å². The van der Waals surface area contributed by atoms with Crippen molar-refractivity contribution in [1.29, 1.82) is 0 Å². The number of imidazole rings is 1. The largest absolute Gasteiger partial charge is 0.340 e. The van der Waals surface area contributed by atoms with E-state index in [4.69, 9.17) is 16.6 Å². The van der Waals surface area contributed by atoms with Gasteiger partial charge >= 0.3 is 0 Å². The monoisotopic (exact) mass is 434 g/mol. The summed E-state index contributed by atoms with van der Waals surface area (Å²) in [5.41, 5.74) is 5.09. The maximum Gasteiger partial charge on any atom is 0.256 e. The zero-order chi connectivity index (χ0) is 21.7. The van der Waals surface area contributed by atoms with E-state index in [0.29, 0.717) is 22.8 Å². The lowest BCUT2D eigenvalue weighted by Crippen LogP contribution is -2.33. The number of aromatic nitrogens is 5. The minimum atomic E-state index is -0.142. The Morgan fingerprint density at radius 1 is 1.16 bits per heavy atom. The minimum Gasteiger partial charge on any atom is -0.340 e. The Morgan fingerprint density at radius 2 is 1.94 bits per heavy atom. The summed E-state index contributed by atoms with van der Waals surface area (Å²) in [5, 5.41) is 9.12. The predicted octanol–water partition coefficient (Wildman–Crippen LogP) is 4.64. The van der Waals surface area contributed by atoms with Crippen LogP contribution in [0.2, 0.25) is 5.02 Å². The third-order valence-electron chi connectivity index (χ3n) is 6.03. The number of carbonyl (C=O) groups excluding carboxylic acids is 1. The van der Waals surface area contributed by atoms with Crippen LogP contribution in [-0.4, -0.2) is 42.3 Å².